The first-order chi connectivity index (χ1) is 72.0. The van der Waals surface area contributed by atoms with Crippen molar-refractivity contribution >= 4 is 140 Å². The minimum Gasteiger partial charge on any atom is -0.309 e. The number of benzene rings is 15. The molecular formula is C125H80N20. The van der Waals surface area contributed by atoms with Crippen molar-refractivity contribution in [3.63, 3.8) is 0 Å². The van der Waals surface area contributed by atoms with Gasteiger partial charge in [0.1, 0.15) is 36.9 Å². The van der Waals surface area contributed by atoms with E-state index in [1.807, 2.05) is 135 Å². The van der Waals surface area contributed by atoms with Crippen molar-refractivity contribution in [3.8, 4) is 112 Å². The van der Waals surface area contributed by atoms with Crippen LogP contribution < -0.4 is 24.5 Å². The summed E-state index contributed by atoms with van der Waals surface area (Å²) in [7, 11) is 0. The molecule has 0 saturated carbocycles. The highest BCUT2D eigenvalue weighted by Crippen LogP contribution is 2.58. The lowest BCUT2D eigenvalue weighted by Crippen LogP contribution is -2.16. The van der Waals surface area contributed by atoms with Crippen molar-refractivity contribution in [1.82, 2.24) is 74.8 Å². The van der Waals surface area contributed by atoms with Gasteiger partial charge in [-0.2, -0.15) is 0 Å². The highest BCUT2D eigenvalue weighted by molar-refractivity contribution is 6.19. The fourth-order valence-electron chi connectivity index (χ4n) is 20.6. The summed E-state index contributed by atoms with van der Waals surface area (Å²) < 4.78 is 0. The molecule has 15 heterocycles. The van der Waals surface area contributed by atoms with E-state index in [-0.39, 0.29) is 0 Å². The second kappa shape index (κ2) is 36.9. The van der Waals surface area contributed by atoms with E-state index in [0.717, 1.165) is 214 Å². The van der Waals surface area contributed by atoms with Gasteiger partial charge in [-0.15, -0.1) is 0 Å². The molecule has 0 amide bonds. The lowest BCUT2D eigenvalue weighted by Gasteiger charge is -2.32. The Bertz CT molecular complexity index is 7980. The SMILES string of the molecule is c1ccc(N2c3ccccc3-c3cc(-c4ccncc4)cc4ncnc2c34)cc1.c1ccc(N2c3ccccc3-c3nc(-c4ccncc4)nc4cccc2c34)cc1.c1ccc(N2c3cncnc3-c3cc(-c4cccnc4)cc4cccc2c34)cc1.c1ccc(N2c3cncnc3-c3cc(-c4ccncc4)cc4cccc2c34)cc1.c1ccc(N2c3ncncc3-c3cc(-c4cccnc4)cc4cccc2c34)cc1. The molecule has 0 radical (unpaired) electrons. The van der Waals surface area contributed by atoms with Crippen LogP contribution in [0.15, 0.2) is 488 Å². The molecule has 145 heavy (non-hydrogen) atoms. The number of rotatable bonds is 10. The molecule has 25 aromatic rings. The van der Waals surface area contributed by atoms with Crippen molar-refractivity contribution in [1.29, 1.82) is 0 Å². The van der Waals surface area contributed by atoms with E-state index in [2.05, 4.69) is 388 Å². The quantitative estimate of drug-likeness (QED) is 0.125. The summed E-state index contributed by atoms with van der Waals surface area (Å²) in [5, 5.41) is 9.35. The van der Waals surface area contributed by atoms with E-state index < -0.39 is 0 Å². The van der Waals surface area contributed by atoms with Gasteiger partial charge in [-0.05, 0) is 261 Å². The highest BCUT2D eigenvalue weighted by atomic mass is 15.2. The van der Waals surface area contributed by atoms with Gasteiger partial charge in [0.2, 0.25) is 0 Å². The monoisotopic (exact) mass is 1860 g/mol. The molecule has 0 saturated heterocycles. The van der Waals surface area contributed by atoms with Crippen molar-refractivity contribution in [2.75, 3.05) is 24.5 Å². The zero-order valence-corrected chi connectivity index (χ0v) is 77.6. The number of hydrogen-bond donors (Lipinski definition) is 0. The zero-order valence-electron chi connectivity index (χ0n) is 77.6. The van der Waals surface area contributed by atoms with Crippen LogP contribution in [-0.2, 0) is 0 Å². The van der Waals surface area contributed by atoms with Crippen molar-refractivity contribution < 1.29 is 0 Å². The third-order valence-corrected chi connectivity index (χ3v) is 26.9. The molecule has 0 unspecified atom stereocenters. The fourth-order valence-corrected chi connectivity index (χ4v) is 20.6. The van der Waals surface area contributed by atoms with E-state index in [0.29, 0.717) is 0 Å². The molecule has 0 spiro atoms. The second-order valence-corrected chi connectivity index (χ2v) is 35.2. The molecule has 5 aliphatic rings. The summed E-state index contributed by atoms with van der Waals surface area (Å²) in [6, 6.07) is 132. The van der Waals surface area contributed by atoms with Crippen molar-refractivity contribution in [2.45, 2.75) is 0 Å². The molecule has 0 atom stereocenters. The molecule has 5 aliphatic heterocycles. The standard InChI is InChI=1S/5C25H16N4/c1-2-8-20(9-3-1)29-23-10-4-6-17-12-19(18-7-5-11-26-14-18)13-21(24(17)23)22-15-27-16-28-25(22)29;1-2-8-20(9-3-1)29-22-10-4-6-17-12-19(18-7-5-11-26-14-18)13-21(24(17)22)25-23(29)15-27-16-28-25;1-2-7-18(8-3-1)29-21-11-5-4-9-19(21)24-23-20(10-6-12-22(23)29)27-25(28-24)17-13-15-26-16-14-17;1-2-6-20(7-3-1)29-22-8-4-5-18-13-19(17-9-11-26-12-10-17)14-21(24(18)22)25-23(29)15-27-16-28-25;1-2-6-19(7-3-1)29-23-9-5-4-8-20(23)21-14-18(17-10-12-26-13-11-17)15-22-24(21)25(29)28-16-27-22/h5*1-16H. The summed E-state index contributed by atoms with van der Waals surface area (Å²) >= 11 is 0. The number of hydrogen-bond acceptors (Lipinski definition) is 20. The molecule has 10 aromatic heterocycles. The first kappa shape index (κ1) is 85.2. The van der Waals surface area contributed by atoms with Crippen LogP contribution in [0, 0.1) is 0 Å². The van der Waals surface area contributed by atoms with Crippen LogP contribution in [0.3, 0.4) is 0 Å². The van der Waals surface area contributed by atoms with Crippen LogP contribution in [0.4, 0.5) is 85.6 Å². The van der Waals surface area contributed by atoms with Gasteiger partial charge in [-0.3, -0.25) is 34.7 Å². The highest BCUT2D eigenvalue weighted by Gasteiger charge is 2.35. The number of anilines is 15. The molecule has 0 bridgehead atoms. The smallest absolute Gasteiger partial charge is 0.160 e. The Balaban J connectivity index is 0.0000000923. The minimum absolute atomic E-state index is 0.718. The summed E-state index contributed by atoms with van der Waals surface area (Å²) in [6.07, 6.45) is 30.5. The van der Waals surface area contributed by atoms with Crippen molar-refractivity contribution in [2.24, 2.45) is 0 Å². The summed E-state index contributed by atoms with van der Waals surface area (Å²) in [5.74, 6) is 2.53. The molecule has 0 fully saturated rings. The molecular weight excluding hydrogens is 1780 g/mol. The zero-order chi connectivity index (χ0) is 96.0. The van der Waals surface area contributed by atoms with Crippen LogP contribution >= 0.6 is 0 Å². The van der Waals surface area contributed by atoms with E-state index in [9.17, 15) is 0 Å². The minimum atomic E-state index is 0.718. The average Bonchev–Trinajstić information content (AvgIpc) is 0.741. The Morgan fingerprint density at radius 2 is 0.545 bits per heavy atom. The van der Waals surface area contributed by atoms with Crippen LogP contribution in [0.2, 0.25) is 0 Å². The fraction of sp³-hybridized carbons (Fsp3) is 0. The molecule has 15 aromatic carbocycles. The number of para-hydroxylation sites is 7. The Hall–Kier alpha value is -20.2. The topological polar surface area (TPSA) is 210 Å². The van der Waals surface area contributed by atoms with E-state index in [1.165, 1.54) is 37.9 Å². The largest absolute Gasteiger partial charge is 0.309 e. The number of fused-ring (bicyclic) bond motifs is 10. The molecule has 0 N–H and O–H groups in total. The van der Waals surface area contributed by atoms with Crippen LogP contribution in [0.25, 0.3) is 166 Å². The Morgan fingerprint density at radius 3 is 1.05 bits per heavy atom. The van der Waals surface area contributed by atoms with Gasteiger partial charge in [-0.25, -0.2) is 49.8 Å². The molecule has 20 nitrogen and oxygen atoms in total. The van der Waals surface area contributed by atoms with Gasteiger partial charge < -0.3 is 14.7 Å². The average molecular weight is 1860 g/mol. The Labute approximate surface area is 833 Å². The Kier molecular flexibility index (Phi) is 21.7. The maximum absolute atomic E-state index is 5.01. The normalized spacial score (nSPS) is 12.1. The second-order valence-electron chi connectivity index (χ2n) is 35.2. The third kappa shape index (κ3) is 15.4. The van der Waals surface area contributed by atoms with Gasteiger partial charge in [-0.1, -0.05) is 182 Å². The van der Waals surface area contributed by atoms with Crippen LogP contribution in [0.1, 0.15) is 0 Å². The maximum Gasteiger partial charge on any atom is 0.160 e. The van der Waals surface area contributed by atoms with Gasteiger partial charge in [0.15, 0.2) is 5.82 Å². The number of aromatic nitrogens is 15. The van der Waals surface area contributed by atoms with Gasteiger partial charge in [0.25, 0.3) is 0 Å². The van der Waals surface area contributed by atoms with Crippen molar-refractivity contribution in [3.05, 3.63) is 488 Å². The van der Waals surface area contributed by atoms with Gasteiger partial charge in [0, 0.05) is 157 Å². The van der Waals surface area contributed by atoms with E-state index >= 15 is 0 Å². The first-order valence-corrected chi connectivity index (χ1v) is 47.7. The summed E-state index contributed by atoms with van der Waals surface area (Å²) in [6.45, 7) is 0. The van der Waals surface area contributed by atoms with E-state index in [4.69, 9.17) is 15.0 Å². The molecule has 680 valence electrons. The van der Waals surface area contributed by atoms with E-state index in [1.54, 1.807) is 50.1 Å². The molecule has 20 heteroatoms. The molecule has 30 rings (SSSR count). The predicted octanol–water partition coefficient (Wildman–Crippen LogP) is 30.7. The summed E-state index contributed by atoms with van der Waals surface area (Å²) in [5.41, 5.74) is 36.9. The number of nitrogens with zero attached hydrogens (tertiary/aromatic N) is 20. The predicted molar refractivity (Wildman–Crippen MR) is 582 cm³/mol. The van der Waals surface area contributed by atoms with Gasteiger partial charge >= 0.3 is 0 Å². The molecule has 0 aliphatic carbocycles. The summed E-state index contributed by atoms with van der Waals surface area (Å²) in [4.78, 5) is 78.5. The lowest BCUT2D eigenvalue weighted by molar-refractivity contribution is 1.11. The Morgan fingerprint density at radius 1 is 0.166 bits per heavy atom. The first-order valence-electron chi connectivity index (χ1n) is 47.7. The van der Waals surface area contributed by atoms with Gasteiger partial charge in [0.05, 0.1) is 96.8 Å². The lowest BCUT2D eigenvalue weighted by atomic mass is 9.90. The number of pyridine rings is 5. The third-order valence-electron chi connectivity index (χ3n) is 26.9. The van der Waals surface area contributed by atoms with Crippen LogP contribution in [0.5, 0.6) is 0 Å². The maximum atomic E-state index is 5.01. The van der Waals surface area contributed by atoms with Crippen LogP contribution in [-0.4, -0.2) is 74.8 Å².